The second kappa shape index (κ2) is 5.85. The molecule has 1 heterocycles. The van der Waals surface area contributed by atoms with Crippen LogP contribution in [0.3, 0.4) is 0 Å². The van der Waals surface area contributed by atoms with Crippen molar-refractivity contribution in [1.82, 2.24) is 20.2 Å². The summed E-state index contributed by atoms with van der Waals surface area (Å²) in [5.74, 6) is 2.84. The molecular formula is C9H16N4OS. The number of carbonyl (C=O) groups excluding carboxylic acids is 1. The smallest absolute Gasteiger partial charge is 0.182 e. The first-order chi connectivity index (χ1) is 7.08. The molecule has 0 radical (unpaired) electrons. The lowest BCUT2D eigenvalue weighted by atomic mass is 10.3. The van der Waals surface area contributed by atoms with Gasteiger partial charge in [-0.05, 0) is 16.9 Å². The van der Waals surface area contributed by atoms with E-state index in [-0.39, 0.29) is 5.78 Å². The van der Waals surface area contributed by atoms with Gasteiger partial charge in [-0.3, -0.25) is 4.79 Å². The standard InChI is InChI=1S/C9H16N4OS/c1-7(2)5-15-6-8(14)4-9-10-12-13(3)11-9/h7H,4-6H2,1-3H3. The summed E-state index contributed by atoms with van der Waals surface area (Å²) in [4.78, 5) is 12.8. The lowest BCUT2D eigenvalue weighted by Gasteiger charge is -2.02. The molecule has 0 amide bonds. The Kier molecular flexibility index (Phi) is 4.74. The van der Waals surface area contributed by atoms with E-state index in [4.69, 9.17) is 0 Å². The van der Waals surface area contributed by atoms with Gasteiger partial charge in [-0.1, -0.05) is 13.8 Å². The van der Waals surface area contributed by atoms with Crippen LogP contribution < -0.4 is 0 Å². The van der Waals surface area contributed by atoms with Crippen LogP contribution >= 0.6 is 11.8 Å². The number of nitrogens with zero attached hydrogens (tertiary/aromatic N) is 4. The summed E-state index contributed by atoms with van der Waals surface area (Å²) in [6.45, 7) is 4.28. The van der Waals surface area contributed by atoms with Gasteiger partial charge in [0, 0.05) is 0 Å². The third kappa shape index (κ3) is 4.92. The van der Waals surface area contributed by atoms with Crippen LogP contribution in [-0.4, -0.2) is 37.5 Å². The van der Waals surface area contributed by atoms with Crippen molar-refractivity contribution in [2.75, 3.05) is 11.5 Å². The normalized spacial score (nSPS) is 10.9. The van der Waals surface area contributed by atoms with E-state index >= 15 is 0 Å². The third-order valence-corrected chi connectivity index (χ3v) is 3.05. The summed E-state index contributed by atoms with van der Waals surface area (Å²) < 4.78 is 0. The average Bonchev–Trinajstić information content (AvgIpc) is 2.50. The topological polar surface area (TPSA) is 60.7 Å². The number of aryl methyl sites for hydroxylation is 1. The molecule has 0 saturated heterocycles. The van der Waals surface area contributed by atoms with Crippen LogP contribution in [0.2, 0.25) is 0 Å². The molecule has 0 aliphatic heterocycles. The number of thioether (sulfide) groups is 1. The van der Waals surface area contributed by atoms with Crippen LogP contribution in [0.25, 0.3) is 0 Å². The Morgan fingerprint density at radius 2 is 2.27 bits per heavy atom. The van der Waals surface area contributed by atoms with E-state index in [0.717, 1.165) is 5.75 Å². The molecule has 1 aromatic heterocycles. The number of aromatic nitrogens is 4. The van der Waals surface area contributed by atoms with Gasteiger partial charge in [0.25, 0.3) is 0 Å². The van der Waals surface area contributed by atoms with Crippen molar-refractivity contribution in [3.8, 4) is 0 Å². The van der Waals surface area contributed by atoms with Gasteiger partial charge in [-0.15, -0.1) is 10.2 Å². The molecule has 0 aliphatic rings. The van der Waals surface area contributed by atoms with Crippen LogP contribution in [0.15, 0.2) is 0 Å². The van der Waals surface area contributed by atoms with E-state index in [2.05, 4.69) is 29.3 Å². The molecule has 0 aliphatic carbocycles. The molecule has 1 aromatic rings. The number of rotatable bonds is 6. The van der Waals surface area contributed by atoms with Crippen LogP contribution in [0.5, 0.6) is 0 Å². The molecule has 0 spiro atoms. The maximum Gasteiger partial charge on any atom is 0.182 e. The highest BCUT2D eigenvalue weighted by Crippen LogP contribution is 2.08. The number of hydrogen-bond acceptors (Lipinski definition) is 5. The Labute approximate surface area is 93.6 Å². The molecule has 0 aromatic carbocycles. The summed E-state index contributed by atoms with van der Waals surface area (Å²) in [7, 11) is 1.69. The molecule has 6 heteroatoms. The van der Waals surface area contributed by atoms with Gasteiger partial charge in [0.15, 0.2) is 5.82 Å². The molecule has 0 bridgehead atoms. The fourth-order valence-electron chi connectivity index (χ4n) is 1.03. The van der Waals surface area contributed by atoms with Crippen molar-refractivity contribution in [3.63, 3.8) is 0 Å². The van der Waals surface area contributed by atoms with Gasteiger partial charge < -0.3 is 0 Å². The second-order valence-corrected chi connectivity index (χ2v) is 4.85. The minimum atomic E-state index is 0.161. The van der Waals surface area contributed by atoms with Crippen molar-refractivity contribution >= 4 is 17.5 Å². The van der Waals surface area contributed by atoms with Gasteiger partial charge in [0.1, 0.15) is 5.78 Å². The Morgan fingerprint density at radius 1 is 1.53 bits per heavy atom. The maximum absolute atomic E-state index is 11.5. The summed E-state index contributed by atoms with van der Waals surface area (Å²) in [5, 5.41) is 11.4. The molecule has 5 nitrogen and oxygen atoms in total. The monoisotopic (exact) mass is 228 g/mol. The highest BCUT2D eigenvalue weighted by molar-refractivity contribution is 7.99. The van der Waals surface area contributed by atoms with E-state index in [1.165, 1.54) is 4.80 Å². The molecule has 1 rings (SSSR count). The fourth-order valence-corrected chi connectivity index (χ4v) is 1.95. The molecule has 0 saturated carbocycles. The largest absolute Gasteiger partial charge is 0.298 e. The highest BCUT2D eigenvalue weighted by atomic mass is 32.2. The van der Waals surface area contributed by atoms with Crippen molar-refractivity contribution in [2.45, 2.75) is 20.3 Å². The third-order valence-electron chi connectivity index (χ3n) is 1.62. The van der Waals surface area contributed by atoms with E-state index < -0.39 is 0 Å². The quantitative estimate of drug-likeness (QED) is 0.717. The summed E-state index contributed by atoms with van der Waals surface area (Å²) in [6, 6.07) is 0. The molecule has 15 heavy (non-hydrogen) atoms. The lowest BCUT2D eigenvalue weighted by molar-refractivity contribution is -0.116. The zero-order chi connectivity index (χ0) is 11.3. The second-order valence-electron chi connectivity index (χ2n) is 3.82. The first kappa shape index (κ1) is 12.2. The van der Waals surface area contributed by atoms with E-state index in [0.29, 0.717) is 23.9 Å². The fraction of sp³-hybridized carbons (Fsp3) is 0.778. The van der Waals surface area contributed by atoms with E-state index in [1.54, 1.807) is 18.8 Å². The highest BCUT2D eigenvalue weighted by Gasteiger charge is 2.08. The Hall–Kier alpha value is -0.910. The summed E-state index contributed by atoms with van der Waals surface area (Å²) in [6.07, 6.45) is 0.291. The van der Waals surface area contributed by atoms with Crippen molar-refractivity contribution in [3.05, 3.63) is 5.82 Å². The predicted octanol–water partition coefficient (Wildman–Crippen LogP) is 0.711. The van der Waals surface area contributed by atoms with Crippen LogP contribution in [0.1, 0.15) is 19.7 Å². The average molecular weight is 228 g/mol. The van der Waals surface area contributed by atoms with Crippen LogP contribution in [0, 0.1) is 5.92 Å². The number of tetrazole rings is 1. The molecule has 0 unspecified atom stereocenters. The molecule has 84 valence electrons. The maximum atomic E-state index is 11.5. The first-order valence-corrected chi connectivity index (χ1v) is 6.05. The zero-order valence-electron chi connectivity index (χ0n) is 9.30. The first-order valence-electron chi connectivity index (χ1n) is 4.90. The molecule has 0 atom stereocenters. The SMILES string of the molecule is CC(C)CSCC(=O)Cc1nnn(C)n1. The molecule has 0 N–H and O–H groups in total. The zero-order valence-corrected chi connectivity index (χ0v) is 10.1. The van der Waals surface area contributed by atoms with E-state index in [1.807, 2.05) is 0 Å². The Balaban J connectivity index is 2.24. The Morgan fingerprint density at radius 3 is 2.80 bits per heavy atom. The summed E-state index contributed by atoms with van der Waals surface area (Å²) >= 11 is 1.66. The van der Waals surface area contributed by atoms with E-state index in [9.17, 15) is 4.79 Å². The van der Waals surface area contributed by atoms with Crippen molar-refractivity contribution < 1.29 is 4.79 Å². The minimum absolute atomic E-state index is 0.161. The Bertz CT molecular complexity index is 324. The lowest BCUT2D eigenvalue weighted by Crippen LogP contribution is -2.08. The number of ketones is 1. The van der Waals surface area contributed by atoms with Gasteiger partial charge in [-0.25, -0.2) is 0 Å². The number of carbonyl (C=O) groups is 1. The van der Waals surface area contributed by atoms with Gasteiger partial charge in [-0.2, -0.15) is 16.6 Å². The van der Waals surface area contributed by atoms with Crippen molar-refractivity contribution in [2.24, 2.45) is 13.0 Å². The number of hydrogen-bond donors (Lipinski definition) is 0. The van der Waals surface area contributed by atoms with Gasteiger partial charge in [0.05, 0.1) is 19.2 Å². The minimum Gasteiger partial charge on any atom is -0.298 e. The van der Waals surface area contributed by atoms with Gasteiger partial charge in [0.2, 0.25) is 0 Å². The van der Waals surface area contributed by atoms with Crippen LogP contribution in [-0.2, 0) is 18.3 Å². The predicted molar refractivity (Wildman–Crippen MR) is 59.7 cm³/mol. The van der Waals surface area contributed by atoms with Crippen molar-refractivity contribution in [1.29, 1.82) is 0 Å². The summed E-state index contributed by atoms with van der Waals surface area (Å²) in [5.41, 5.74) is 0. The molecule has 0 fully saturated rings. The van der Waals surface area contributed by atoms with Gasteiger partial charge >= 0.3 is 0 Å². The number of Topliss-reactive ketones (excluding diaryl/α,β-unsaturated/α-hetero) is 1. The van der Waals surface area contributed by atoms with Crippen LogP contribution in [0.4, 0.5) is 0 Å². The molecular weight excluding hydrogens is 212 g/mol.